The summed E-state index contributed by atoms with van der Waals surface area (Å²) >= 11 is 0. The van der Waals surface area contributed by atoms with Gasteiger partial charge in [-0.2, -0.15) is 0 Å². The molecule has 1 N–H and O–H groups in total. The van der Waals surface area contributed by atoms with Crippen molar-refractivity contribution < 1.29 is 4.39 Å². The highest BCUT2D eigenvalue weighted by molar-refractivity contribution is 5.54. The minimum atomic E-state index is -0.119. The minimum absolute atomic E-state index is 0.119. The van der Waals surface area contributed by atoms with E-state index in [2.05, 4.69) is 15.1 Å². The third-order valence-corrected chi connectivity index (χ3v) is 4.10. The topological polar surface area (TPSA) is 18.5 Å². The van der Waals surface area contributed by atoms with Crippen molar-refractivity contribution >= 4 is 5.69 Å². The van der Waals surface area contributed by atoms with Crippen LogP contribution in [0.1, 0.15) is 18.4 Å². The largest absolute Gasteiger partial charge is 0.371 e. The van der Waals surface area contributed by atoms with E-state index in [4.69, 9.17) is 0 Å². The maximum Gasteiger partial charge on any atom is 0.125 e. The van der Waals surface area contributed by atoms with Gasteiger partial charge in [-0.05, 0) is 30.5 Å². The second-order valence-corrected chi connectivity index (χ2v) is 5.49. The van der Waals surface area contributed by atoms with E-state index in [1.807, 2.05) is 6.07 Å². The van der Waals surface area contributed by atoms with Crippen molar-refractivity contribution in [3.05, 3.63) is 29.6 Å². The molecule has 104 valence electrons. The number of hydrogen-bond donors (Lipinski definition) is 1. The highest BCUT2D eigenvalue weighted by Crippen LogP contribution is 2.26. The molecule has 2 heterocycles. The van der Waals surface area contributed by atoms with Gasteiger partial charge in [0.15, 0.2) is 0 Å². The summed E-state index contributed by atoms with van der Waals surface area (Å²) in [6, 6.07) is 5.27. The fourth-order valence-electron chi connectivity index (χ4n) is 3.03. The summed E-state index contributed by atoms with van der Waals surface area (Å²) in [4.78, 5) is 4.78. The van der Waals surface area contributed by atoms with Crippen LogP contribution in [0.25, 0.3) is 0 Å². The van der Waals surface area contributed by atoms with Crippen molar-refractivity contribution in [3.8, 4) is 0 Å². The Labute approximate surface area is 114 Å². The first-order valence-corrected chi connectivity index (χ1v) is 7.29. The molecule has 0 aliphatic carbocycles. The third-order valence-electron chi connectivity index (χ3n) is 4.10. The second kappa shape index (κ2) is 5.88. The molecule has 3 rings (SSSR count). The Balaban J connectivity index is 1.78. The van der Waals surface area contributed by atoms with Crippen LogP contribution in [-0.2, 0) is 6.54 Å². The van der Waals surface area contributed by atoms with Crippen LogP contribution in [0.3, 0.4) is 0 Å². The second-order valence-electron chi connectivity index (χ2n) is 5.49. The van der Waals surface area contributed by atoms with E-state index < -0.39 is 0 Å². The number of halogens is 1. The van der Waals surface area contributed by atoms with Gasteiger partial charge in [0, 0.05) is 51.5 Å². The molecule has 0 atom stereocenters. The smallest absolute Gasteiger partial charge is 0.125 e. The number of anilines is 1. The molecule has 0 amide bonds. The molecule has 0 saturated carbocycles. The zero-order valence-electron chi connectivity index (χ0n) is 11.4. The lowest BCUT2D eigenvalue weighted by Gasteiger charge is -2.29. The van der Waals surface area contributed by atoms with Gasteiger partial charge in [0.1, 0.15) is 5.82 Å². The lowest BCUT2D eigenvalue weighted by molar-refractivity contribution is 0.233. The molecular formula is C15H22FN3. The average Bonchev–Trinajstić information content (AvgIpc) is 2.96. The summed E-state index contributed by atoms with van der Waals surface area (Å²) < 4.78 is 13.5. The van der Waals surface area contributed by atoms with Gasteiger partial charge in [-0.1, -0.05) is 6.07 Å². The average molecular weight is 263 g/mol. The van der Waals surface area contributed by atoms with Crippen LogP contribution in [-0.4, -0.2) is 44.2 Å². The van der Waals surface area contributed by atoms with Gasteiger partial charge in [0.2, 0.25) is 0 Å². The molecule has 2 saturated heterocycles. The highest BCUT2D eigenvalue weighted by atomic mass is 19.1. The van der Waals surface area contributed by atoms with Gasteiger partial charge < -0.3 is 10.2 Å². The SMILES string of the molecule is Fc1ccc(CN2CCNCC2)c(N2CCCC2)c1. The molecule has 19 heavy (non-hydrogen) atoms. The molecule has 2 aliphatic rings. The molecule has 2 fully saturated rings. The number of piperazine rings is 1. The normalized spacial score (nSPS) is 21.0. The lowest BCUT2D eigenvalue weighted by atomic mass is 10.1. The number of nitrogens with one attached hydrogen (secondary N) is 1. The van der Waals surface area contributed by atoms with Crippen molar-refractivity contribution in [2.24, 2.45) is 0 Å². The van der Waals surface area contributed by atoms with Gasteiger partial charge >= 0.3 is 0 Å². The quantitative estimate of drug-likeness (QED) is 0.897. The third kappa shape index (κ3) is 3.07. The predicted molar refractivity (Wildman–Crippen MR) is 76.0 cm³/mol. The van der Waals surface area contributed by atoms with E-state index in [1.54, 1.807) is 12.1 Å². The summed E-state index contributed by atoms with van der Waals surface area (Å²) in [5, 5.41) is 3.37. The van der Waals surface area contributed by atoms with Crippen LogP contribution in [0.4, 0.5) is 10.1 Å². The Kier molecular flexibility index (Phi) is 3.99. The predicted octanol–water partition coefficient (Wildman–Crippen LogP) is 1.83. The fourth-order valence-corrected chi connectivity index (χ4v) is 3.03. The van der Waals surface area contributed by atoms with Crippen LogP contribution in [0, 0.1) is 5.82 Å². The van der Waals surface area contributed by atoms with E-state index >= 15 is 0 Å². The van der Waals surface area contributed by atoms with Gasteiger partial charge in [-0.15, -0.1) is 0 Å². The van der Waals surface area contributed by atoms with E-state index in [1.165, 1.54) is 18.4 Å². The molecule has 1 aromatic carbocycles. The summed E-state index contributed by atoms with van der Waals surface area (Å²) in [6.45, 7) is 7.35. The van der Waals surface area contributed by atoms with Crippen LogP contribution in [0.5, 0.6) is 0 Å². The molecule has 3 nitrogen and oxygen atoms in total. The van der Waals surface area contributed by atoms with E-state index in [0.29, 0.717) is 0 Å². The van der Waals surface area contributed by atoms with Gasteiger partial charge in [-0.25, -0.2) is 4.39 Å². The van der Waals surface area contributed by atoms with Crippen LogP contribution < -0.4 is 10.2 Å². The summed E-state index contributed by atoms with van der Waals surface area (Å²) in [5.41, 5.74) is 2.38. The van der Waals surface area contributed by atoms with E-state index in [-0.39, 0.29) is 5.82 Å². The van der Waals surface area contributed by atoms with Crippen molar-refractivity contribution in [1.82, 2.24) is 10.2 Å². The summed E-state index contributed by atoms with van der Waals surface area (Å²) in [6.07, 6.45) is 2.45. The molecular weight excluding hydrogens is 241 g/mol. The Morgan fingerprint density at radius 3 is 2.53 bits per heavy atom. The van der Waals surface area contributed by atoms with Crippen LogP contribution in [0.15, 0.2) is 18.2 Å². The van der Waals surface area contributed by atoms with Gasteiger partial charge in [0.05, 0.1) is 0 Å². The zero-order chi connectivity index (χ0) is 13.1. The van der Waals surface area contributed by atoms with Crippen molar-refractivity contribution in [2.45, 2.75) is 19.4 Å². The van der Waals surface area contributed by atoms with Crippen molar-refractivity contribution in [3.63, 3.8) is 0 Å². The molecule has 0 spiro atoms. The van der Waals surface area contributed by atoms with E-state index in [9.17, 15) is 4.39 Å². The number of benzene rings is 1. The first-order chi connectivity index (χ1) is 9.33. The standard InChI is InChI=1S/C15H22FN3/c16-14-4-3-13(12-18-9-5-17-6-10-18)15(11-14)19-7-1-2-8-19/h3-4,11,17H,1-2,5-10,12H2. The lowest BCUT2D eigenvalue weighted by Crippen LogP contribution is -2.43. The first kappa shape index (κ1) is 12.9. The van der Waals surface area contributed by atoms with Crippen LogP contribution >= 0.6 is 0 Å². The molecule has 0 aromatic heterocycles. The summed E-state index contributed by atoms with van der Waals surface area (Å²) in [5.74, 6) is -0.119. The Hall–Kier alpha value is -1.13. The molecule has 1 aromatic rings. The number of nitrogens with zero attached hydrogens (tertiary/aromatic N) is 2. The van der Waals surface area contributed by atoms with Crippen molar-refractivity contribution in [1.29, 1.82) is 0 Å². The maximum atomic E-state index is 13.5. The number of rotatable bonds is 3. The van der Waals surface area contributed by atoms with Gasteiger partial charge in [0.25, 0.3) is 0 Å². The number of hydrogen-bond acceptors (Lipinski definition) is 3. The molecule has 0 unspecified atom stereocenters. The van der Waals surface area contributed by atoms with Crippen LogP contribution in [0.2, 0.25) is 0 Å². The Bertz CT molecular complexity index is 423. The maximum absolute atomic E-state index is 13.5. The minimum Gasteiger partial charge on any atom is -0.371 e. The Morgan fingerprint density at radius 1 is 1.05 bits per heavy atom. The summed E-state index contributed by atoms with van der Waals surface area (Å²) in [7, 11) is 0. The monoisotopic (exact) mass is 263 g/mol. The molecule has 0 bridgehead atoms. The fraction of sp³-hybridized carbons (Fsp3) is 0.600. The first-order valence-electron chi connectivity index (χ1n) is 7.29. The molecule has 2 aliphatic heterocycles. The zero-order valence-corrected chi connectivity index (χ0v) is 11.4. The van der Waals surface area contributed by atoms with Crippen molar-refractivity contribution in [2.75, 3.05) is 44.2 Å². The van der Waals surface area contributed by atoms with Gasteiger partial charge in [-0.3, -0.25) is 4.90 Å². The highest BCUT2D eigenvalue weighted by Gasteiger charge is 2.18. The Morgan fingerprint density at radius 2 is 1.79 bits per heavy atom. The van der Waals surface area contributed by atoms with E-state index in [0.717, 1.165) is 51.5 Å². The molecule has 0 radical (unpaired) electrons. The molecule has 4 heteroatoms.